The Balaban J connectivity index is 1.84. The highest BCUT2D eigenvalue weighted by Crippen LogP contribution is 2.28. The summed E-state index contributed by atoms with van der Waals surface area (Å²) < 4.78 is 5.47. The zero-order valence-electron chi connectivity index (χ0n) is 10.2. The van der Waals surface area contributed by atoms with Crippen LogP contribution in [0.2, 0.25) is 0 Å². The van der Waals surface area contributed by atoms with Gasteiger partial charge in [0.1, 0.15) is 0 Å². The summed E-state index contributed by atoms with van der Waals surface area (Å²) >= 11 is 0. The van der Waals surface area contributed by atoms with Crippen LogP contribution in [-0.2, 0) is 4.74 Å². The van der Waals surface area contributed by atoms with E-state index in [-0.39, 0.29) is 5.56 Å². The summed E-state index contributed by atoms with van der Waals surface area (Å²) in [7, 11) is 0. The van der Waals surface area contributed by atoms with Gasteiger partial charge < -0.3 is 20.9 Å². The lowest BCUT2D eigenvalue weighted by atomic mass is 10.1. The number of nitrogens with two attached hydrogens (primary N) is 1. The molecule has 0 saturated heterocycles. The highest BCUT2D eigenvalue weighted by Gasteiger charge is 2.20. The van der Waals surface area contributed by atoms with Gasteiger partial charge in [0, 0.05) is 13.2 Å². The van der Waals surface area contributed by atoms with Crippen LogP contribution in [0.4, 0.5) is 11.4 Å². The second-order valence-corrected chi connectivity index (χ2v) is 4.52. The Kier molecular flexibility index (Phi) is 4.04. The summed E-state index contributed by atoms with van der Waals surface area (Å²) in [5.41, 5.74) is 6.87. The van der Waals surface area contributed by atoms with Gasteiger partial charge in [0.05, 0.1) is 23.5 Å². The Bertz CT molecular complexity index is 430. The van der Waals surface area contributed by atoms with Crippen LogP contribution < -0.4 is 11.1 Å². The van der Waals surface area contributed by atoms with Gasteiger partial charge in [-0.1, -0.05) is 6.07 Å². The lowest BCUT2D eigenvalue weighted by Crippen LogP contribution is -2.14. The third-order valence-corrected chi connectivity index (χ3v) is 2.93. The van der Waals surface area contributed by atoms with E-state index < -0.39 is 5.97 Å². The van der Waals surface area contributed by atoms with Gasteiger partial charge in [-0.05, 0) is 30.9 Å². The SMILES string of the molecule is Nc1cccc(C(=O)O)c1NCCOCC1CC1. The van der Waals surface area contributed by atoms with Gasteiger partial charge in [0.2, 0.25) is 0 Å². The Morgan fingerprint density at radius 2 is 2.28 bits per heavy atom. The lowest BCUT2D eigenvalue weighted by Gasteiger charge is -2.12. The number of rotatable bonds is 7. The number of carboxylic acid groups (broad SMARTS) is 1. The normalized spacial score (nSPS) is 14.4. The Hall–Kier alpha value is -1.75. The standard InChI is InChI=1S/C13H18N2O3/c14-11-3-1-2-10(13(16)17)12(11)15-6-7-18-8-9-4-5-9/h1-3,9,15H,4-8,14H2,(H,16,17). The number of carbonyl (C=O) groups is 1. The van der Waals surface area contributed by atoms with Gasteiger partial charge in [-0.25, -0.2) is 4.79 Å². The maximum absolute atomic E-state index is 11.0. The van der Waals surface area contributed by atoms with Crippen molar-refractivity contribution in [2.45, 2.75) is 12.8 Å². The third-order valence-electron chi connectivity index (χ3n) is 2.93. The monoisotopic (exact) mass is 250 g/mol. The summed E-state index contributed by atoms with van der Waals surface area (Å²) in [6, 6.07) is 4.85. The third kappa shape index (κ3) is 3.37. The molecule has 2 rings (SSSR count). The van der Waals surface area contributed by atoms with Crippen LogP contribution in [0.25, 0.3) is 0 Å². The number of benzene rings is 1. The number of nitrogen functional groups attached to an aromatic ring is 1. The average molecular weight is 250 g/mol. The molecule has 18 heavy (non-hydrogen) atoms. The molecule has 1 fully saturated rings. The van der Waals surface area contributed by atoms with Crippen molar-refractivity contribution in [3.63, 3.8) is 0 Å². The smallest absolute Gasteiger partial charge is 0.337 e. The number of hydrogen-bond acceptors (Lipinski definition) is 4. The minimum absolute atomic E-state index is 0.192. The fourth-order valence-corrected chi connectivity index (χ4v) is 1.73. The molecule has 5 nitrogen and oxygen atoms in total. The zero-order chi connectivity index (χ0) is 13.0. The van der Waals surface area contributed by atoms with Gasteiger partial charge in [0.15, 0.2) is 0 Å². The van der Waals surface area contributed by atoms with Crippen LogP contribution in [0.15, 0.2) is 18.2 Å². The first-order valence-corrected chi connectivity index (χ1v) is 6.12. The molecular weight excluding hydrogens is 232 g/mol. The number of para-hydroxylation sites is 1. The predicted molar refractivity (Wildman–Crippen MR) is 69.8 cm³/mol. The van der Waals surface area contributed by atoms with E-state index in [1.807, 2.05) is 0 Å². The first-order chi connectivity index (χ1) is 8.68. The average Bonchev–Trinajstić information content (AvgIpc) is 3.14. The summed E-state index contributed by atoms with van der Waals surface area (Å²) in [5, 5.41) is 12.1. The van der Waals surface area contributed by atoms with Crippen molar-refractivity contribution in [1.29, 1.82) is 0 Å². The summed E-state index contributed by atoms with van der Waals surface area (Å²) in [5.74, 6) is -0.245. The molecule has 4 N–H and O–H groups in total. The lowest BCUT2D eigenvalue weighted by molar-refractivity contribution is 0.0698. The van der Waals surface area contributed by atoms with Crippen molar-refractivity contribution < 1.29 is 14.6 Å². The van der Waals surface area contributed by atoms with Gasteiger partial charge >= 0.3 is 5.97 Å². The topological polar surface area (TPSA) is 84.6 Å². The number of hydrogen-bond donors (Lipinski definition) is 3. The Morgan fingerprint density at radius 1 is 1.50 bits per heavy atom. The number of aromatic carboxylic acids is 1. The molecule has 0 atom stereocenters. The molecule has 98 valence electrons. The van der Waals surface area contributed by atoms with E-state index >= 15 is 0 Å². The number of carboxylic acids is 1. The fourth-order valence-electron chi connectivity index (χ4n) is 1.73. The van der Waals surface area contributed by atoms with E-state index in [9.17, 15) is 4.79 Å². The second kappa shape index (κ2) is 5.73. The van der Waals surface area contributed by atoms with Gasteiger partial charge in [-0.2, -0.15) is 0 Å². The van der Waals surface area contributed by atoms with E-state index in [2.05, 4.69) is 5.32 Å². The summed E-state index contributed by atoms with van der Waals surface area (Å²) in [6.45, 7) is 1.92. The van der Waals surface area contributed by atoms with Crippen LogP contribution in [0.1, 0.15) is 23.2 Å². The predicted octanol–water partition coefficient (Wildman–Crippen LogP) is 1.81. The van der Waals surface area contributed by atoms with Crippen molar-refractivity contribution in [3.05, 3.63) is 23.8 Å². The first kappa shape index (κ1) is 12.7. The van der Waals surface area contributed by atoms with Crippen molar-refractivity contribution in [2.24, 2.45) is 5.92 Å². The van der Waals surface area contributed by atoms with E-state index in [4.69, 9.17) is 15.6 Å². The molecule has 1 aliphatic carbocycles. The molecule has 5 heteroatoms. The molecule has 1 saturated carbocycles. The summed E-state index contributed by atoms with van der Waals surface area (Å²) in [4.78, 5) is 11.0. The zero-order valence-corrected chi connectivity index (χ0v) is 10.2. The largest absolute Gasteiger partial charge is 0.478 e. The minimum Gasteiger partial charge on any atom is -0.478 e. The van der Waals surface area contributed by atoms with Gasteiger partial charge in [0.25, 0.3) is 0 Å². The van der Waals surface area contributed by atoms with E-state index in [0.717, 1.165) is 12.5 Å². The van der Waals surface area contributed by atoms with Crippen molar-refractivity contribution in [3.8, 4) is 0 Å². The van der Waals surface area contributed by atoms with E-state index in [0.29, 0.717) is 24.5 Å². The van der Waals surface area contributed by atoms with Crippen LogP contribution in [0.5, 0.6) is 0 Å². The first-order valence-electron chi connectivity index (χ1n) is 6.12. The number of ether oxygens (including phenoxy) is 1. The maximum Gasteiger partial charge on any atom is 0.337 e. The second-order valence-electron chi connectivity index (χ2n) is 4.52. The molecule has 0 aromatic heterocycles. The molecule has 0 spiro atoms. The molecular formula is C13H18N2O3. The van der Waals surface area contributed by atoms with Crippen molar-refractivity contribution in [1.82, 2.24) is 0 Å². The number of anilines is 2. The minimum atomic E-state index is -0.983. The van der Waals surface area contributed by atoms with Crippen molar-refractivity contribution in [2.75, 3.05) is 30.8 Å². The van der Waals surface area contributed by atoms with Gasteiger partial charge in [-0.3, -0.25) is 0 Å². The quantitative estimate of drug-likeness (QED) is 0.507. The molecule has 0 unspecified atom stereocenters. The molecule has 1 aromatic rings. The highest BCUT2D eigenvalue weighted by molar-refractivity contribution is 5.97. The molecule has 0 aliphatic heterocycles. The fraction of sp³-hybridized carbons (Fsp3) is 0.462. The molecule has 0 bridgehead atoms. The van der Waals surface area contributed by atoms with Crippen LogP contribution >= 0.6 is 0 Å². The van der Waals surface area contributed by atoms with Crippen molar-refractivity contribution >= 4 is 17.3 Å². The Morgan fingerprint density at radius 3 is 2.94 bits per heavy atom. The van der Waals surface area contributed by atoms with E-state index in [1.54, 1.807) is 12.1 Å². The molecule has 0 heterocycles. The van der Waals surface area contributed by atoms with Crippen LogP contribution in [-0.4, -0.2) is 30.8 Å². The van der Waals surface area contributed by atoms with Crippen LogP contribution in [0.3, 0.4) is 0 Å². The number of nitrogens with one attached hydrogen (secondary N) is 1. The summed E-state index contributed by atoms with van der Waals surface area (Å²) in [6.07, 6.45) is 2.53. The molecule has 0 radical (unpaired) electrons. The van der Waals surface area contributed by atoms with E-state index in [1.165, 1.54) is 18.9 Å². The molecule has 0 amide bonds. The molecule has 1 aliphatic rings. The van der Waals surface area contributed by atoms with Gasteiger partial charge in [-0.15, -0.1) is 0 Å². The van der Waals surface area contributed by atoms with Crippen LogP contribution in [0, 0.1) is 5.92 Å². The highest BCUT2D eigenvalue weighted by atomic mass is 16.5. The molecule has 1 aromatic carbocycles. The maximum atomic E-state index is 11.0. The Labute approximate surface area is 106 Å².